The first-order valence-corrected chi connectivity index (χ1v) is 9.41. The predicted molar refractivity (Wildman–Crippen MR) is 102 cm³/mol. The molecule has 1 N–H and O–H groups in total. The van der Waals surface area contributed by atoms with Gasteiger partial charge in [0.15, 0.2) is 18.1 Å². The Morgan fingerprint density at radius 2 is 1.85 bits per heavy atom. The summed E-state index contributed by atoms with van der Waals surface area (Å²) in [5, 5.41) is 10.3. The van der Waals surface area contributed by atoms with Gasteiger partial charge in [0.1, 0.15) is 0 Å². The van der Waals surface area contributed by atoms with Gasteiger partial charge in [-0.2, -0.15) is 0 Å². The van der Waals surface area contributed by atoms with Gasteiger partial charge in [0, 0.05) is 4.90 Å². The van der Waals surface area contributed by atoms with E-state index in [-0.39, 0.29) is 12.6 Å². The quantitative estimate of drug-likeness (QED) is 0.595. The van der Waals surface area contributed by atoms with Crippen LogP contribution in [0.15, 0.2) is 57.8 Å². The lowest BCUT2D eigenvalue weighted by atomic mass is 10.1. The van der Waals surface area contributed by atoms with E-state index in [1.54, 1.807) is 30.0 Å². The lowest BCUT2D eigenvalue weighted by Gasteiger charge is -2.09. The molecule has 0 aliphatic rings. The number of para-hydroxylation sites is 2. The van der Waals surface area contributed by atoms with Crippen LogP contribution < -0.4 is 14.8 Å². The monoisotopic (exact) mass is 385 g/mol. The largest absolute Gasteiger partial charge is 0.493 e. The number of nitrogens with zero attached hydrogens (tertiary/aromatic N) is 2. The summed E-state index contributed by atoms with van der Waals surface area (Å²) >= 11 is 1.68. The number of methoxy groups -OCH3 is 1. The van der Waals surface area contributed by atoms with Crippen LogP contribution in [0.3, 0.4) is 0 Å². The molecule has 3 aromatic rings. The van der Waals surface area contributed by atoms with E-state index in [0.29, 0.717) is 23.8 Å². The van der Waals surface area contributed by atoms with Crippen LogP contribution >= 0.6 is 11.8 Å². The Labute approximate surface area is 161 Å². The molecule has 0 saturated carbocycles. The molecule has 0 unspecified atom stereocenters. The highest BCUT2D eigenvalue weighted by atomic mass is 32.2. The number of aromatic nitrogens is 2. The van der Waals surface area contributed by atoms with Crippen LogP contribution in [0.5, 0.6) is 11.5 Å². The smallest absolute Gasteiger partial charge is 0.322 e. The molecule has 1 heterocycles. The summed E-state index contributed by atoms with van der Waals surface area (Å²) in [6, 6.07) is 15.2. The van der Waals surface area contributed by atoms with E-state index in [2.05, 4.69) is 15.5 Å². The summed E-state index contributed by atoms with van der Waals surface area (Å²) in [4.78, 5) is 13.2. The number of rotatable bonds is 8. The third-order valence-corrected chi connectivity index (χ3v) is 4.40. The maximum absolute atomic E-state index is 12.0. The molecule has 27 heavy (non-hydrogen) atoms. The predicted octanol–water partition coefficient (Wildman–Crippen LogP) is 3.41. The SMILES string of the molecule is COc1ccccc1OCC(=O)Nc1nnc(Cc2ccc(SC)cc2)o1. The van der Waals surface area contributed by atoms with Crippen molar-refractivity contribution in [1.29, 1.82) is 0 Å². The van der Waals surface area contributed by atoms with Crippen LogP contribution in [0.2, 0.25) is 0 Å². The highest BCUT2D eigenvalue weighted by molar-refractivity contribution is 7.98. The molecule has 1 aromatic heterocycles. The normalized spacial score (nSPS) is 10.4. The summed E-state index contributed by atoms with van der Waals surface area (Å²) in [7, 11) is 1.54. The molecule has 7 nitrogen and oxygen atoms in total. The van der Waals surface area contributed by atoms with E-state index in [4.69, 9.17) is 13.9 Å². The second-order valence-corrected chi connectivity index (χ2v) is 6.39. The maximum Gasteiger partial charge on any atom is 0.322 e. The zero-order chi connectivity index (χ0) is 19.1. The number of amides is 1. The average Bonchev–Trinajstić information content (AvgIpc) is 3.13. The number of hydrogen-bond acceptors (Lipinski definition) is 7. The number of nitrogens with one attached hydrogen (secondary N) is 1. The Bertz CT molecular complexity index is 896. The Hall–Kier alpha value is -3.00. The van der Waals surface area contributed by atoms with Crippen molar-refractivity contribution < 1.29 is 18.7 Å². The van der Waals surface area contributed by atoms with Crippen LogP contribution in [0.4, 0.5) is 6.01 Å². The topological polar surface area (TPSA) is 86.5 Å². The van der Waals surface area contributed by atoms with Gasteiger partial charge in [-0.15, -0.1) is 16.9 Å². The molecule has 140 valence electrons. The first kappa shape index (κ1) is 18.8. The van der Waals surface area contributed by atoms with Crippen molar-refractivity contribution in [1.82, 2.24) is 10.2 Å². The molecule has 2 aromatic carbocycles. The second kappa shape index (κ2) is 9.09. The fraction of sp³-hybridized carbons (Fsp3) is 0.211. The molecule has 0 radical (unpaired) electrons. The number of anilines is 1. The maximum atomic E-state index is 12.0. The molecule has 0 aliphatic carbocycles. The van der Waals surface area contributed by atoms with Gasteiger partial charge in [0.25, 0.3) is 5.91 Å². The number of thioether (sulfide) groups is 1. The van der Waals surface area contributed by atoms with Gasteiger partial charge < -0.3 is 13.9 Å². The molecule has 8 heteroatoms. The van der Waals surface area contributed by atoms with Gasteiger partial charge in [-0.1, -0.05) is 29.4 Å². The standard InChI is InChI=1S/C19H19N3O4S/c1-24-15-5-3-4-6-16(15)25-12-17(23)20-19-22-21-18(26-19)11-13-7-9-14(27-2)10-8-13/h3-10H,11-12H2,1-2H3,(H,20,22,23). The van der Waals surface area contributed by atoms with E-state index in [0.717, 1.165) is 5.56 Å². The fourth-order valence-electron chi connectivity index (χ4n) is 2.33. The van der Waals surface area contributed by atoms with Gasteiger partial charge in [-0.3, -0.25) is 10.1 Å². The van der Waals surface area contributed by atoms with E-state index >= 15 is 0 Å². The Balaban J connectivity index is 1.52. The minimum absolute atomic E-state index is 0.0411. The molecule has 0 spiro atoms. The number of hydrogen-bond donors (Lipinski definition) is 1. The highest BCUT2D eigenvalue weighted by Crippen LogP contribution is 2.25. The van der Waals surface area contributed by atoms with Crippen LogP contribution in [-0.2, 0) is 11.2 Å². The number of benzene rings is 2. The van der Waals surface area contributed by atoms with Crippen molar-refractivity contribution in [2.24, 2.45) is 0 Å². The molecule has 0 saturated heterocycles. The van der Waals surface area contributed by atoms with Crippen molar-refractivity contribution in [2.45, 2.75) is 11.3 Å². The van der Waals surface area contributed by atoms with Crippen molar-refractivity contribution in [3.05, 3.63) is 60.0 Å². The summed E-state index contributed by atoms with van der Waals surface area (Å²) in [5.74, 6) is 1.06. The molecule has 1 amide bonds. The number of ether oxygens (including phenoxy) is 2. The molecule has 0 fully saturated rings. The summed E-state index contributed by atoms with van der Waals surface area (Å²) in [6.07, 6.45) is 2.52. The van der Waals surface area contributed by atoms with Gasteiger partial charge in [-0.05, 0) is 36.1 Å². The van der Waals surface area contributed by atoms with Crippen LogP contribution in [0.1, 0.15) is 11.5 Å². The third-order valence-electron chi connectivity index (χ3n) is 3.66. The lowest BCUT2D eigenvalue weighted by molar-refractivity contribution is -0.118. The van der Waals surface area contributed by atoms with E-state index in [9.17, 15) is 4.79 Å². The van der Waals surface area contributed by atoms with Crippen LogP contribution in [0.25, 0.3) is 0 Å². The zero-order valence-electron chi connectivity index (χ0n) is 15.0. The first-order chi connectivity index (χ1) is 13.2. The molecular formula is C19H19N3O4S. The van der Waals surface area contributed by atoms with Crippen LogP contribution in [0, 0.1) is 0 Å². The summed E-state index contributed by atoms with van der Waals surface area (Å²) in [6.45, 7) is -0.200. The Morgan fingerprint density at radius 3 is 2.56 bits per heavy atom. The lowest BCUT2D eigenvalue weighted by Crippen LogP contribution is -2.20. The highest BCUT2D eigenvalue weighted by Gasteiger charge is 2.12. The van der Waals surface area contributed by atoms with Gasteiger partial charge in [0.05, 0.1) is 13.5 Å². The summed E-state index contributed by atoms with van der Waals surface area (Å²) in [5.41, 5.74) is 1.05. The molecular weight excluding hydrogens is 366 g/mol. The van der Waals surface area contributed by atoms with E-state index < -0.39 is 5.91 Å². The van der Waals surface area contributed by atoms with Gasteiger partial charge in [-0.25, -0.2) is 0 Å². The van der Waals surface area contributed by atoms with E-state index in [1.165, 1.54) is 12.0 Å². The van der Waals surface area contributed by atoms with Crippen molar-refractivity contribution in [3.63, 3.8) is 0 Å². The van der Waals surface area contributed by atoms with E-state index in [1.807, 2.05) is 36.6 Å². The molecule has 3 rings (SSSR count). The minimum atomic E-state index is -0.402. The fourth-order valence-corrected chi connectivity index (χ4v) is 2.74. The minimum Gasteiger partial charge on any atom is -0.493 e. The number of carbonyl (C=O) groups excluding carboxylic acids is 1. The molecule has 0 bridgehead atoms. The molecule has 0 atom stereocenters. The first-order valence-electron chi connectivity index (χ1n) is 8.19. The van der Waals surface area contributed by atoms with Gasteiger partial charge >= 0.3 is 6.01 Å². The van der Waals surface area contributed by atoms with Crippen LogP contribution in [-0.4, -0.2) is 36.1 Å². The average molecular weight is 385 g/mol. The van der Waals surface area contributed by atoms with Crippen molar-refractivity contribution in [2.75, 3.05) is 25.3 Å². The zero-order valence-corrected chi connectivity index (χ0v) is 15.8. The van der Waals surface area contributed by atoms with Crippen molar-refractivity contribution in [3.8, 4) is 11.5 Å². The van der Waals surface area contributed by atoms with Crippen molar-refractivity contribution >= 4 is 23.7 Å². The second-order valence-electron chi connectivity index (χ2n) is 5.51. The Kier molecular flexibility index (Phi) is 6.32. The van der Waals surface area contributed by atoms with Gasteiger partial charge in [0.2, 0.25) is 5.89 Å². The summed E-state index contributed by atoms with van der Waals surface area (Å²) < 4.78 is 16.1. The third kappa shape index (κ3) is 5.24. The molecule has 0 aliphatic heterocycles. The Morgan fingerprint density at radius 1 is 1.11 bits per heavy atom. The number of carbonyl (C=O) groups is 1.